The zero-order valence-corrected chi connectivity index (χ0v) is 14.6. The first-order chi connectivity index (χ1) is 11.5. The second kappa shape index (κ2) is 6.72. The van der Waals surface area contributed by atoms with Crippen molar-refractivity contribution in [2.75, 3.05) is 18.1 Å². The molecule has 0 unspecified atom stereocenters. The van der Waals surface area contributed by atoms with Gasteiger partial charge >= 0.3 is 0 Å². The SMILES string of the molecule is CSC1(CNc2cnn(-c3ccc(F)cc3F)c(=O)c2Cl)CCC1. The van der Waals surface area contributed by atoms with Crippen molar-refractivity contribution >= 4 is 29.1 Å². The molecule has 0 saturated heterocycles. The number of hydrogen-bond acceptors (Lipinski definition) is 4. The lowest BCUT2D eigenvalue weighted by Gasteiger charge is -2.40. The van der Waals surface area contributed by atoms with Crippen molar-refractivity contribution in [3.05, 3.63) is 51.4 Å². The van der Waals surface area contributed by atoms with Gasteiger partial charge < -0.3 is 5.32 Å². The molecule has 1 N–H and O–H groups in total. The van der Waals surface area contributed by atoms with Crippen LogP contribution in [0.25, 0.3) is 5.69 Å². The van der Waals surface area contributed by atoms with Gasteiger partial charge in [-0.3, -0.25) is 4.79 Å². The molecular formula is C16H16ClF2N3OS. The normalized spacial score (nSPS) is 15.8. The van der Waals surface area contributed by atoms with Gasteiger partial charge in [0.25, 0.3) is 5.56 Å². The van der Waals surface area contributed by atoms with Gasteiger partial charge in [0.05, 0.1) is 11.9 Å². The van der Waals surface area contributed by atoms with Crippen LogP contribution in [0.2, 0.25) is 5.02 Å². The van der Waals surface area contributed by atoms with Crippen LogP contribution in [-0.4, -0.2) is 27.3 Å². The van der Waals surface area contributed by atoms with Crippen LogP contribution < -0.4 is 10.9 Å². The van der Waals surface area contributed by atoms with Crippen molar-refractivity contribution in [2.24, 2.45) is 0 Å². The standard InChI is InChI=1S/C16H16ClF2N3OS/c1-24-16(5-2-6-16)9-20-12-8-21-22(15(23)14(12)17)13-4-3-10(18)7-11(13)19/h3-4,7-8,20H,2,5-6,9H2,1H3. The van der Waals surface area contributed by atoms with Gasteiger partial charge in [-0.15, -0.1) is 0 Å². The van der Waals surface area contributed by atoms with Crippen LogP contribution in [0.15, 0.2) is 29.2 Å². The van der Waals surface area contributed by atoms with Crippen molar-refractivity contribution < 1.29 is 8.78 Å². The first kappa shape index (κ1) is 17.2. The molecule has 3 rings (SSSR count). The average Bonchev–Trinajstić information content (AvgIpc) is 2.51. The largest absolute Gasteiger partial charge is 0.381 e. The number of hydrogen-bond donors (Lipinski definition) is 1. The molecule has 0 atom stereocenters. The number of nitrogens with zero attached hydrogens (tertiary/aromatic N) is 2. The summed E-state index contributed by atoms with van der Waals surface area (Å²) in [5.74, 6) is -1.60. The molecule has 8 heteroatoms. The van der Waals surface area contributed by atoms with Gasteiger partial charge in [-0.2, -0.15) is 21.5 Å². The van der Waals surface area contributed by atoms with Crippen molar-refractivity contribution in [3.8, 4) is 5.69 Å². The molecule has 0 spiro atoms. The van der Waals surface area contributed by atoms with E-state index in [2.05, 4.69) is 16.7 Å². The van der Waals surface area contributed by atoms with Gasteiger partial charge in [0.15, 0.2) is 5.82 Å². The summed E-state index contributed by atoms with van der Waals surface area (Å²) in [5, 5.41) is 7.06. The molecule has 1 heterocycles. The minimum atomic E-state index is -0.878. The molecule has 4 nitrogen and oxygen atoms in total. The van der Waals surface area contributed by atoms with Crippen LogP contribution in [-0.2, 0) is 0 Å². The zero-order chi connectivity index (χ0) is 17.3. The van der Waals surface area contributed by atoms with Crippen LogP contribution in [0.3, 0.4) is 0 Å². The fourth-order valence-corrected chi connectivity index (χ4v) is 3.77. The highest BCUT2D eigenvalue weighted by atomic mass is 35.5. The Balaban J connectivity index is 1.87. The quantitative estimate of drug-likeness (QED) is 0.866. The Morgan fingerprint density at radius 2 is 2.17 bits per heavy atom. The second-order valence-corrected chi connectivity index (χ2v) is 7.43. The molecule has 0 aliphatic heterocycles. The van der Waals surface area contributed by atoms with Gasteiger partial charge in [-0.1, -0.05) is 18.0 Å². The van der Waals surface area contributed by atoms with E-state index in [1.807, 2.05) is 0 Å². The van der Waals surface area contributed by atoms with Crippen LogP contribution in [0.5, 0.6) is 0 Å². The van der Waals surface area contributed by atoms with Crippen LogP contribution in [0.4, 0.5) is 14.5 Å². The lowest BCUT2D eigenvalue weighted by atomic mass is 9.84. The number of halogens is 3. The highest BCUT2D eigenvalue weighted by Gasteiger charge is 2.36. The number of rotatable bonds is 5. The highest BCUT2D eigenvalue weighted by molar-refractivity contribution is 8.00. The van der Waals surface area contributed by atoms with E-state index in [4.69, 9.17) is 11.6 Å². The molecule has 1 aliphatic carbocycles. The van der Waals surface area contributed by atoms with Crippen LogP contribution >= 0.6 is 23.4 Å². The third-order valence-electron chi connectivity index (χ3n) is 4.36. The fraction of sp³-hybridized carbons (Fsp3) is 0.375. The summed E-state index contributed by atoms with van der Waals surface area (Å²) in [6, 6.07) is 2.91. The maximum atomic E-state index is 13.9. The lowest BCUT2D eigenvalue weighted by molar-refractivity contribution is 0.380. The summed E-state index contributed by atoms with van der Waals surface area (Å²) in [6.45, 7) is 0.684. The Kier molecular flexibility index (Phi) is 4.83. The monoisotopic (exact) mass is 371 g/mol. The first-order valence-corrected chi connectivity index (χ1v) is 9.08. The molecule has 0 amide bonds. The third kappa shape index (κ3) is 3.15. The van der Waals surface area contributed by atoms with E-state index >= 15 is 0 Å². The Hall–Kier alpha value is -1.60. The van der Waals surface area contributed by atoms with E-state index in [0.717, 1.165) is 29.7 Å². The van der Waals surface area contributed by atoms with E-state index in [1.54, 1.807) is 11.8 Å². The van der Waals surface area contributed by atoms with E-state index in [9.17, 15) is 13.6 Å². The van der Waals surface area contributed by atoms with Gasteiger partial charge in [-0.25, -0.2) is 8.78 Å². The van der Waals surface area contributed by atoms with Gasteiger partial charge in [0.2, 0.25) is 0 Å². The maximum Gasteiger partial charge on any atom is 0.292 e. The van der Waals surface area contributed by atoms with Gasteiger partial charge in [0.1, 0.15) is 16.5 Å². The number of anilines is 1. The number of aromatic nitrogens is 2. The lowest BCUT2D eigenvalue weighted by Crippen LogP contribution is -2.40. The van der Waals surface area contributed by atoms with Crippen molar-refractivity contribution in [1.29, 1.82) is 0 Å². The maximum absolute atomic E-state index is 13.9. The number of benzene rings is 1. The van der Waals surface area contributed by atoms with Gasteiger partial charge in [0, 0.05) is 17.4 Å². The number of thioether (sulfide) groups is 1. The summed E-state index contributed by atoms with van der Waals surface area (Å²) in [7, 11) is 0. The fourth-order valence-electron chi connectivity index (χ4n) is 2.66. The highest BCUT2D eigenvalue weighted by Crippen LogP contribution is 2.42. The summed E-state index contributed by atoms with van der Waals surface area (Å²) >= 11 is 7.92. The summed E-state index contributed by atoms with van der Waals surface area (Å²) in [4.78, 5) is 12.4. The summed E-state index contributed by atoms with van der Waals surface area (Å²) in [6.07, 6.45) is 6.88. The molecule has 0 bridgehead atoms. The molecule has 1 aliphatic rings. The Morgan fingerprint density at radius 1 is 1.42 bits per heavy atom. The summed E-state index contributed by atoms with van der Waals surface area (Å²) < 4.78 is 27.9. The van der Waals surface area contributed by atoms with E-state index in [-0.39, 0.29) is 15.5 Å². The third-order valence-corrected chi connectivity index (χ3v) is 6.14. The molecular weight excluding hydrogens is 356 g/mol. The minimum Gasteiger partial charge on any atom is -0.381 e. The smallest absolute Gasteiger partial charge is 0.292 e. The van der Waals surface area contributed by atoms with Crippen molar-refractivity contribution in [1.82, 2.24) is 9.78 Å². The topological polar surface area (TPSA) is 46.9 Å². The Morgan fingerprint density at radius 3 is 2.75 bits per heavy atom. The van der Waals surface area contributed by atoms with E-state index in [1.165, 1.54) is 12.6 Å². The predicted octanol–water partition coefficient (Wildman–Crippen LogP) is 3.86. The van der Waals surface area contributed by atoms with Crippen molar-refractivity contribution in [3.63, 3.8) is 0 Å². The van der Waals surface area contributed by atoms with Gasteiger partial charge in [-0.05, 0) is 31.2 Å². The Labute approximate surface area is 147 Å². The minimum absolute atomic E-state index is 0.0655. The molecule has 1 saturated carbocycles. The van der Waals surface area contributed by atoms with E-state index < -0.39 is 17.2 Å². The Bertz CT molecular complexity index is 818. The van der Waals surface area contributed by atoms with Crippen LogP contribution in [0, 0.1) is 11.6 Å². The molecule has 1 aromatic heterocycles. The predicted molar refractivity (Wildman–Crippen MR) is 93.3 cm³/mol. The summed E-state index contributed by atoms with van der Waals surface area (Å²) in [5.41, 5.74) is -0.380. The molecule has 1 aromatic carbocycles. The average molecular weight is 372 g/mol. The van der Waals surface area contributed by atoms with E-state index in [0.29, 0.717) is 18.3 Å². The van der Waals surface area contributed by atoms with Crippen LogP contribution in [0.1, 0.15) is 19.3 Å². The molecule has 128 valence electrons. The molecule has 1 fully saturated rings. The molecule has 2 aromatic rings. The molecule has 24 heavy (non-hydrogen) atoms. The first-order valence-electron chi connectivity index (χ1n) is 7.48. The number of nitrogens with one attached hydrogen (secondary N) is 1. The zero-order valence-electron chi connectivity index (χ0n) is 13.0. The molecule has 0 radical (unpaired) electrons. The van der Waals surface area contributed by atoms with Crippen molar-refractivity contribution in [2.45, 2.75) is 24.0 Å². The second-order valence-electron chi connectivity index (χ2n) is 5.78.